The summed E-state index contributed by atoms with van der Waals surface area (Å²) in [6, 6.07) is 7.43. The van der Waals surface area contributed by atoms with Crippen molar-refractivity contribution in [3.8, 4) is 10.6 Å². The lowest BCUT2D eigenvalue weighted by molar-refractivity contribution is 0.102. The first-order chi connectivity index (χ1) is 11.6. The second-order valence-corrected chi connectivity index (χ2v) is 7.33. The van der Waals surface area contributed by atoms with Crippen LogP contribution in [0, 0.1) is 6.92 Å². The van der Waals surface area contributed by atoms with Gasteiger partial charge in [-0.25, -0.2) is 9.97 Å². The van der Waals surface area contributed by atoms with Crippen LogP contribution in [0.4, 0.5) is 5.13 Å². The number of nitrogens with zero attached hydrogens (tertiary/aromatic N) is 3. The van der Waals surface area contributed by atoms with E-state index in [0.29, 0.717) is 27.2 Å². The molecule has 120 valence electrons. The van der Waals surface area contributed by atoms with E-state index in [1.807, 2.05) is 22.9 Å². The van der Waals surface area contributed by atoms with Gasteiger partial charge in [-0.2, -0.15) is 0 Å². The quantitative estimate of drug-likeness (QED) is 0.563. The highest BCUT2D eigenvalue weighted by atomic mass is 35.5. The molecule has 24 heavy (non-hydrogen) atoms. The Morgan fingerprint density at radius 2 is 2.17 bits per heavy atom. The molecule has 0 radical (unpaired) electrons. The fourth-order valence-electron chi connectivity index (χ4n) is 2.44. The van der Waals surface area contributed by atoms with Crippen molar-refractivity contribution in [2.24, 2.45) is 0 Å². The molecule has 0 unspecified atom stereocenters. The molecule has 4 aromatic heterocycles. The Morgan fingerprint density at radius 1 is 1.29 bits per heavy atom. The number of imidazole rings is 1. The standard InChI is InChI=1S/C16H11ClN4OS2/c1-9-14(21-5-4-10(17)7-13(21)18-9)15(22)20-16-19-11(8-24-16)12-3-2-6-23-12/h2-8H,1H3,(H,19,20,22). The highest BCUT2D eigenvalue weighted by Gasteiger charge is 2.18. The molecular formula is C16H11ClN4OS2. The van der Waals surface area contributed by atoms with Gasteiger partial charge in [0, 0.05) is 22.7 Å². The third-order valence-corrected chi connectivity index (χ3v) is 5.36. The fourth-order valence-corrected chi connectivity index (χ4v) is 4.06. The molecule has 5 nitrogen and oxygen atoms in total. The number of thiophene rings is 1. The van der Waals surface area contributed by atoms with Gasteiger partial charge in [-0.05, 0) is 24.4 Å². The minimum absolute atomic E-state index is 0.241. The predicted octanol–water partition coefficient (Wildman–Crippen LogP) is 4.73. The Hall–Kier alpha value is -2.22. The van der Waals surface area contributed by atoms with Crippen LogP contribution in [0.25, 0.3) is 16.2 Å². The van der Waals surface area contributed by atoms with Crippen LogP contribution < -0.4 is 5.32 Å². The predicted molar refractivity (Wildman–Crippen MR) is 98.3 cm³/mol. The van der Waals surface area contributed by atoms with Crippen molar-refractivity contribution in [1.29, 1.82) is 0 Å². The Bertz CT molecular complexity index is 1040. The van der Waals surface area contributed by atoms with Gasteiger partial charge in [-0.1, -0.05) is 17.7 Å². The van der Waals surface area contributed by atoms with Gasteiger partial charge in [0.2, 0.25) is 0 Å². The summed E-state index contributed by atoms with van der Waals surface area (Å²) in [5.74, 6) is -0.241. The van der Waals surface area contributed by atoms with Crippen LogP contribution in [0.3, 0.4) is 0 Å². The molecule has 0 aliphatic carbocycles. The summed E-state index contributed by atoms with van der Waals surface area (Å²) in [5, 5.41) is 7.93. The van der Waals surface area contributed by atoms with Crippen LogP contribution in [0.5, 0.6) is 0 Å². The molecule has 4 aromatic rings. The monoisotopic (exact) mass is 374 g/mol. The van der Waals surface area contributed by atoms with Crippen molar-refractivity contribution in [3.05, 3.63) is 57.6 Å². The minimum atomic E-state index is -0.241. The van der Waals surface area contributed by atoms with Crippen LogP contribution in [-0.2, 0) is 0 Å². The number of nitrogens with one attached hydrogen (secondary N) is 1. The van der Waals surface area contributed by atoms with Gasteiger partial charge in [0.15, 0.2) is 5.13 Å². The molecule has 0 saturated carbocycles. The van der Waals surface area contributed by atoms with E-state index in [0.717, 1.165) is 10.6 Å². The zero-order valence-electron chi connectivity index (χ0n) is 12.5. The van der Waals surface area contributed by atoms with E-state index in [2.05, 4.69) is 15.3 Å². The average Bonchev–Trinajstić information content (AvgIpc) is 3.24. The second-order valence-electron chi connectivity index (χ2n) is 5.09. The number of carbonyl (C=O) groups is 1. The largest absolute Gasteiger partial charge is 0.296 e. The summed E-state index contributed by atoms with van der Waals surface area (Å²) in [4.78, 5) is 22.6. The first kappa shape index (κ1) is 15.3. The van der Waals surface area contributed by atoms with Gasteiger partial charge >= 0.3 is 0 Å². The Morgan fingerprint density at radius 3 is 2.96 bits per heavy atom. The van der Waals surface area contributed by atoms with Gasteiger partial charge in [0.1, 0.15) is 11.3 Å². The fraction of sp³-hybridized carbons (Fsp3) is 0.0625. The number of hydrogen-bond acceptors (Lipinski definition) is 5. The van der Waals surface area contributed by atoms with Crippen LogP contribution in [0.2, 0.25) is 5.02 Å². The topological polar surface area (TPSA) is 59.3 Å². The van der Waals surface area contributed by atoms with Crippen molar-refractivity contribution >= 4 is 51.0 Å². The number of pyridine rings is 1. The summed E-state index contributed by atoms with van der Waals surface area (Å²) in [6.07, 6.45) is 1.74. The van der Waals surface area contributed by atoms with Crippen molar-refractivity contribution in [2.45, 2.75) is 6.92 Å². The molecule has 0 bridgehead atoms. The number of amides is 1. The van der Waals surface area contributed by atoms with E-state index in [1.54, 1.807) is 41.0 Å². The maximum absolute atomic E-state index is 12.7. The van der Waals surface area contributed by atoms with Gasteiger partial charge in [0.05, 0.1) is 16.3 Å². The minimum Gasteiger partial charge on any atom is -0.296 e. The lowest BCUT2D eigenvalue weighted by atomic mass is 10.3. The number of hydrogen-bond donors (Lipinski definition) is 1. The van der Waals surface area contributed by atoms with E-state index in [4.69, 9.17) is 11.6 Å². The summed E-state index contributed by atoms with van der Waals surface area (Å²) in [5.41, 5.74) is 2.63. The molecule has 0 spiro atoms. The summed E-state index contributed by atoms with van der Waals surface area (Å²) >= 11 is 9.00. The molecule has 4 heterocycles. The van der Waals surface area contributed by atoms with Crippen LogP contribution >= 0.6 is 34.3 Å². The molecule has 1 amide bonds. The second kappa shape index (κ2) is 6.01. The molecule has 8 heteroatoms. The zero-order valence-corrected chi connectivity index (χ0v) is 14.9. The van der Waals surface area contributed by atoms with Crippen LogP contribution in [0.15, 0.2) is 41.2 Å². The summed E-state index contributed by atoms with van der Waals surface area (Å²) in [6.45, 7) is 1.80. The maximum atomic E-state index is 12.7. The van der Waals surface area contributed by atoms with Gasteiger partial charge in [-0.3, -0.25) is 14.5 Å². The summed E-state index contributed by atoms with van der Waals surface area (Å²) in [7, 11) is 0. The van der Waals surface area contributed by atoms with Crippen molar-refractivity contribution in [1.82, 2.24) is 14.4 Å². The number of thiazole rings is 1. The number of anilines is 1. The highest BCUT2D eigenvalue weighted by molar-refractivity contribution is 7.16. The maximum Gasteiger partial charge on any atom is 0.276 e. The molecule has 0 aliphatic heterocycles. The SMILES string of the molecule is Cc1nc2cc(Cl)ccn2c1C(=O)Nc1nc(-c2cccs2)cs1. The van der Waals surface area contributed by atoms with Gasteiger partial charge in [0.25, 0.3) is 5.91 Å². The van der Waals surface area contributed by atoms with E-state index >= 15 is 0 Å². The molecule has 4 rings (SSSR count). The van der Waals surface area contributed by atoms with Crippen molar-refractivity contribution in [3.63, 3.8) is 0 Å². The third kappa shape index (κ3) is 2.71. The molecule has 1 N–H and O–H groups in total. The third-order valence-electron chi connectivity index (χ3n) is 3.48. The first-order valence-corrected chi connectivity index (χ1v) is 9.20. The number of carbonyl (C=O) groups excluding carboxylic acids is 1. The van der Waals surface area contributed by atoms with Gasteiger partial charge < -0.3 is 0 Å². The number of rotatable bonds is 3. The van der Waals surface area contributed by atoms with Crippen LogP contribution in [-0.4, -0.2) is 20.3 Å². The Labute approximate surface area is 150 Å². The molecule has 0 fully saturated rings. The van der Waals surface area contributed by atoms with Gasteiger partial charge in [-0.15, -0.1) is 22.7 Å². The highest BCUT2D eigenvalue weighted by Crippen LogP contribution is 2.28. The van der Waals surface area contributed by atoms with Crippen molar-refractivity contribution in [2.75, 3.05) is 5.32 Å². The molecular weight excluding hydrogens is 364 g/mol. The lowest BCUT2D eigenvalue weighted by Gasteiger charge is -2.03. The Kier molecular flexibility index (Phi) is 3.84. The normalized spacial score (nSPS) is 11.1. The van der Waals surface area contributed by atoms with E-state index in [-0.39, 0.29) is 5.91 Å². The lowest BCUT2D eigenvalue weighted by Crippen LogP contribution is -2.15. The number of fused-ring (bicyclic) bond motifs is 1. The smallest absolute Gasteiger partial charge is 0.276 e. The van der Waals surface area contributed by atoms with Crippen LogP contribution in [0.1, 0.15) is 16.2 Å². The number of aryl methyl sites for hydroxylation is 1. The average molecular weight is 375 g/mol. The molecule has 0 atom stereocenters. The number of aromatic nitrogens is 3. The summed E-state index contributed by atoms with van der Waals surface area (Å²) < 4.78 is 1.73. The van der Waals surface area contributed by atoms with Crippen molar-refractivity contribution < 1.29 is 4.79 Å². The van der Waals surface area contributed by atoms with E-state index < -0.39 is 0 Å². The Balaban J connectivity index is 1.64. The zero-order chi connectivity index (χ0) is 16.7. The first-order valence-electron chi connectivity index (χ1n) is 7.07. The van der Waals surface area contributed by atoms with E-state index in [9.17, 15) is 4.79 Å². The molecule has 0 aromatic carbocycles. The molecule has 0 saturated heterocycles. The van der Waals surface area contributed by atoms with E-state index in [1.165, 1.54) is 11.3 Å². The molecule has 0 aliphatic rings. The number of halogens is 1.